The number of carbonyl (C=O) groups is 1. The Labute approximate surface area is 88.0 Å². The zero-order valence-corrected chi connectivity index (χ0v) is 9.06. The van der Waals surface area contributed by atoms with Crippen LogP contribution in [0.3, 0.4) is 0 Å². The molecule has 0 unspecified atom stereocenters. The molecule has 0 spiro atoms. The lowest BCUT2D eigenvalue weighted by molar-refractivity contribution is 0.0940. The fraction of sp³-hybridized carbons (Fsp3) is 0.364. The predicted molar refractivity (Wildman–Crippen MR) is 57.9 cm³/mol. The Bertz CT molecular complexity index is 514. The molecule has 2 rings (SSSR count). The van der Waals surface area contributed by atoms with Crippen LogP contribution in [-0.2, 0) is 0 Å². The van der Waals surface area contributed by atoms with E-state index in [1.54, 1.807) is 6.20 Å². The molecule has 0 saturated heterocycles. The van der Waals surface area contributed by atoms with Gasteiger partial charge in [0.05, 0.1) is 0 Å². The first-order valence-electron chi connectivity index (χ1n) is 4.93. The number of hydrogen-bond acceptors (Lipinski definition) is 3. The van der Waals surface area contributed by atoms with Crippen molar-refractivity contribution < 1.29 is 4.79 Å². The first-order chi connectivity index (χ1) is 7.09. The van der Waals surface area contributed by atoms with Gasteiger partial charge in [0.2, 0.25) is 5.91 Å². The third-order valence-corrected chi connectivity index (χ3v) is 2.41. The largest absolute Gasteiger partial charge is 0.274 e. The number of imidazole rings is 1. The van der Waals surface area contributed by atoms with E-state index in [0.29, 0.717) is 11.6 Å². The molecule has 0 atom stereocenters. The average Bonchev–Trinajstić information content (AvgIpc) is 2.59. The maximum absolute atomic E-state index is 11.2. The molecule has 2 aromatic rings. The van der Waals surface area contributed by atoms with Gasteiger partial charge < -0.3 is 0 Å². The Morgan fingerprint density at radius 2 is 2.13 bits per heavy atom. The molecular weight excluding hydrogens is 190 g/mol. The van der Waals surface area contributed by atoms with Gasteiger partial charge in [-0.1, -0.05) is 13.8 Å². The smallest absolute Gasteiger partial charge is 0.230 e. The molecule has 78 valence electrons. The van der Waals surface area contributed by atoms with E-state index < -0.39 is 0 Å². The van der Waals surface area contributed by atoms with Crippen LogP contribution in [0, 0.1) is 0 Å². The van der Waals surface area contributed by atoms with Crippen LogP contribution in [0.1, 0.15) is 37.0 Å². The van der Waals surface area contributed by atoms with Crippen molar-refractivity contribution in [1.29, 1.82) is 0 Å². The quantitative estimate of drug-likeness (QED) is 0.714. The minimum atomic E-state index is -0.0673. The van der Waals surface area contributed by atoms with Crippen molar-refractivity contribution in [2.75, 3.05) is 0 Å². The summed E-state index contributed by atoms with van der Waals surface area (Å²) < 4.78 is 1.46. The molecular formula is C11H13N3O. The monoisotopic (exact) mass is 203 g/mol. The van der Waals surface area contributed by atoms with E-state index >= 15 is 0 Å². The van der Waals surface area contributed by atoms with Gasteiger partial charge in [0, 0.05) is 13.1 Å². The predicted octanol–water partition coefficient (Wildman–Crippen LogP) is 2.21. The molecule has 0 bridgehead atoms. The normalized spacial score (nSPS) is 11.2. The summed E-state index contributed by atoms with van der Waals surface area (Å²) in [6, 6.07) is 1.98. The second-order valence-corrected chi connectivity index (χ2v) is 3.90. The van der Waals surface area contributed by atoms with Crippen LogP contribution < -0.4 is 0 Å². The van der Waals surface area contributed by atoms with E-state index in [1.807, 2.05) is 6.07 Å². The highest BCUT2D eigenvalue weighted by atomic mass is 16.1. The van der Waals surface area contributed by atoms with Gasteiger partial charge in [0.25, 0.3) is 0 Å². The molecule has 0 radical (unpaired) electrons. The highest BCUT2D eigenvalue weighted by molar-refractivity contribution is 5.86. The third-order valence-electron chi connectivity index (χ3n) is 2.41. The zero-order valence-electron chi connectivity index (χ0n) is 9.06. The van der Waals surface area contributed by atoms with Gasteiger partial charge in [-0.2, -0.15) is 0 Å². The summed E-state index contributed by atoms with van der Waals surface area (Å²) in [6.07, 6.45) is 3.32. The Morgan fingerprint density at radius 3 is 2.73 bits per heavy atom. The molecule has 0 aliphatic rings. The standard InChI is InChI=1S/C11H13N3O/c1-7(2)9-4-10-11(12-5-9)14(6-13-10)8(3)15/h4-7H,1-3H3. The number of pyridine rings is 1. The second-order valence-electron chi connectivity index (χ2n) is 3.90. The molecule has 0 amide bonds. The van der Waals surface area contributed by atoms with Crippen LogP contribution in [0.2, 0.25) is 0 Å². The Balaban J connectivity index is 2.61. The van der Waals surface area contributed by atoms with Crippen molar-refractivity contribution in [3.63, 3.8) is 0 Å². The fourth-order valence-electron chi connectivity index (χ4n) is 1.46. The van der Waals surface area contributed by atoms with E-state index in [1.165, 1.54) is 17.8 Å². The lowest BCUT2D eigenvalue weighted by atomic mass is 10.1. The van der Waals surface area contributed by atoms with Crippen molar-refractivity contribution in [3.8, 4) is 0 Å². The van der Waals surface area contributed by atoms with Crippen molar-refractivity contribution >= 4 is 17.1 Å². The second kappa shape index (κ2) is 3.46. The maximum atomic E-state index is 11.2. The van der Waals surface area contributed by atoms with Crippen LogP contribution in [0.25, 0.3) is 11.2 Å². The van der Waals surface area contributed by atoms with Gasteiger partial charge in [0.1, 0.15) is 11.8 Å². The molecule has 2 heterocycles. The number of hydrogen-bond donors (Lipinski definition) is 0. The lowest BCUT2D eigenvalue weighted by Gasteiger charge is -2.03. The van der Waals surface area contributed by atoms with Crippen LogP contribution in [0.15, 0.2) is 18.6 Å². The summed E-state index contributed by atoms with van der Waals surface area (Å²) in [5, 5.41) is 0. The van der Waals surface area contributed by atoms with Crippen molar-refractivity contribution in [2.24, 2.45) is 0 Å². The Kier molecular flexibility index (Phi) is 2.26. The molecule has 0 aliphatic heterocycles. The summed E-state index contributed by atoms with van der Waals surface area (Å²) >= 11 is 0. The molecule has 15 heavy (non-hydrogen) atoms. The minimum absolute atomic E-state index is 0.0673. The molecule has 0 N–H and O–H groups in total. The minimum Gasteiger partial charge on any atom is -0.274 e. The first kappa shape index (κ1) is 9.83. The van der Waals surface area contributed by atoms with Gasteiger partial charge in [-0.25, -0.2) is 9.97 Å². The van der Waals surface area contributed by atoms with Crippen LogP contribution in [-0.4, -0.2) is 20.4 Å². The van der Waals surface area contributed by atoms with Gasteiger partial charge in [-0.05, 0) is 17.5 Å². The Hall–Kier alpha value is -1.71. The van der Waals surface area contributed by atoms with E-state index in [4.69, 9.17) is 0 Å². The SMILES string of the molecule is CC(=O)n1cnc2cc(C(C)C)cnc21. The van der Waals surface area contributed by atoms with Gasteiger partial charge in [-0.3, -0.25) is 9.36 Å². The van der Waals surface area contributed by atoms with Crippen LogP contribution >= 0.6 is 0 Å². The molecule has 2 aromatic heterocycles. The van der Waals surface area contributed by atoms with Crippen molar-refractivity contribution in [1.82, 2.24) is 14.5 Å². The number of fused-ring (bicyclic) bond motifs is 1. The van der Waals surface area contributed by atoms with Crippen molar-refractivity contribution in [2.45, 2.75) is 26.7 Å². The number of carbonyl (C=O) groups excluding carboxylic acids is 1. The van der Waals surface area contributed by atoms with Gasteiger partial charge >= 0.3 is 0 Å². The molecule has 0 aromatic carbocycles. The number of rotatable bonds is 1. The zero-order chi connectivity index (χ0) is 11.0. The van der Waals surface area contributed by atoms with E-state index in [0.717, 1.165) is 11.1 Å². The summed E-state index contributed by atoms with van der Waals surface area (Å²) in [7, 11) is 0. The van der Waals surface area contributed by atoms with E-state index in [-0.39, 0.29) is 5.91 Å². The van der Waals surface area contributed by atoms with Crippen molar-refractivity contribution in [3.05, 3.63) is 24.2 Å². The highest BCUT2D eigenvalue weighted by Gasteiger charge is 2.08. The summed E-state index contributed by atoms with van der Waals surface area (Å²) in [5.41, 5.74) is 2.54. The van der Waals surface area contributed by atoms with E-state index in [9.17, 15) is 4.79 Å². The van der Waals surface area contributed by atoms with Crippen LogP contribution in [0.5, 0.6) is 0 Å². The molecule has 4 heteroatoms. The Morgan fingerprint density at radius 1 is 1.40 bits per heavy atom. The summed E-state index contributed by atoms with van der Waals surface area (Å²) in [5.74, 6) is 0.353. The summed E-state index contributed by atoms with van der Waals surface area (Å²) in [6.45, 7) is 5.70. The number of aromatic nitrogens is 3. The van der Waals surface area contributed by atoms with Gasteiger partial charge in [-0.15, -0.1) is 0 Å². The molecule has 0 fully saturated rings. The third kappa shape index (κ3) is 1.63. The highest BCUT2D eigenvalue weighted by Crippen LogP contribution is 2.17. The number of nitrogens with zero attached hydrogens (tertiary/aromatic N) is 3. The lowest BCUT2D eigenvalue weighted by Crippen LogP contribution is -2.04. The molecule has 4 nitrogen and oxygen atoms in total. The molecule has 0 saturated carbocycles. The maximum Gasteiger partial charge on any atom is 0.230 e. The van der Waals surface area contributed by atoms with Gasteiger partial charge in [0.15, 0.2) is 5.65 Å². The average molecular weight is 203 g/mol. The first-order valence-corrected chi connectivity index (χ1v) is 4.93. The van der Waals surface area contributed by atoms with Crippen LogP contribution in [0.4, 0.5) is 0 Å². The summed E-state index contributed by atoms with van der Waals surface area (Å²) in [4.78, 5) is 19.6. The van der Waals surface area contributed by atoms with E-state index in [2.05, 4.69) is 23.8 Å². The fourth-order valence-corrected chi connectivity index (χ4v) is 1.46. The topological polar surface area (TPSA) is 47.8 Å². The molecule has 0 aliphatic carbocycles.